The lowest BCUT2D eigenvalue weighted by Crippen LogP contribution is -2.20. The van der Waals surface area contributed by atoms with Crippen molar-refractivity contribution in [2.24, 2.45) is 0 Å². The average molecular weight is 402 g/mol. The van der Waals surface area contributed by atoms with Crippen molar-refractivity contribution in [3.8, 4) is 11.5 Å². The van der Waals surface area contributed by atoms with E-state index in [1.165, 1.54) is 12.1 Å². The first-order valence-corrected chi connectivity index (χ1v) is 8.17. The molecule has 0 radical (unpaired) electrons. The van der Waals surface area contributed by atoms with Gasteiger partial charge in [0.15, 0.2) is 5.78 Å². The van der Waals surface area contributed by atoms with Crippen LogP contribution in [0.5, 0.6) is 11.5 Å². The predicted octanol–water partition coefficient (Wildman–Crippen LogP) is 2.00. The number of hydrogen-bond acceptors (Lipinski definition) is 9. The summed E-state index contributed by atoms with van der Waals surface area (Å²) < 4.78 is 13.8. The smallest absolute Gasteiger partial charge is 0.342 e. The molecule has 2 rings (SSSR count). The topological polar surface area (TPSA) is 136 Å². The number of phenols is 2. The summed E-state index contributed by atoms with van der Waals surface area (Å²) in [5.74, 6) is -5.56. The van der Waals surface area contributed by atoms with Crippen LogP contribution in [0.2, 0.25) is 0 Å². The number of phenolic OH excluding ortho intramolecular Hbond substituents is 2. The van der Waals surface area contributed by atoms with Crippen LogP contribution in [0.25, 0.3) is 0 Å². The SMILES string of the molecule is COC(=O)c1cc(C(=O)c2cc(C)ccc2O)c(C(=O)OC)c(C(=O)OC)c1O. The second-order valence-corrected chi connectivity index (χ2v) is 5.89. The molecule has 2 aromatic rings. The van der Waals surface area contributed by atoms with E-state index >= 15 is 0 Å². The first-order valence-electron chi connectivity index (χ1n) is 8.17. The molecule has 0 unspecified atom stereocenters. The minimum Gasteiger partial charge on any atom is -0.507 e. The van der Waals surface area contributed by atoms with E-state index in [0.29, 0.717) is 5.56 Å². The Hall–Kier alpha value is -3.88. The van der Waals surface area contributed by atoms with Gasteiger partial charge in [0.25, 0.3) is 0 Å². The van der Waals surface area contributed by atoms with Gasteiger partial charge in [0.1, 0.15) is 22.6 Å². The summed E-state index contributed by atoms with van der Waals surface area (Å²) in [6.45, 7) is 1.67. The number of ether oxygens (including phenoxy) is 3. The van der Waals surface area contributed by atoms with Gasteiger partial charge in [0.2, 0.25) is 0 Å². The Morgan fingerprint density at radius 2 is 1.28 bits per heavy atom. The van der Waals surface area contributed by atoms with Crippen molar-refractivity contribution in [3.05, 3.63) is 57.6 Å². The van der Waals surface area contributed by atoms with Gasteiger partial charge in [-0.05, 0) is 25.1 Å². The van der Waals surface area contributed by atoms with Gasteiger partial charge in [-0.1, -0.05) is 11.6 Å². The molecule has 0 saturated heterocycles. The average Bonchev–Trinajstić information content (AvgIpc) is 2.72. The van der Waals surface area contributed by atoms with Crippen molar-refractivity contribution in [1.29, 1.82) is 0 Å². The summed E-state index contributed by atoms with van der Waals surface area (Å²) in [7, 11) is 3.02. The van der Waals surface area contributed by atoms with Crippen molar-refractivity contribution in [1.82, 2.24) is 0 Å². The molecule has 0 saturated carbocycles. The second kappa shape index (κ2) is 8.42. The van der Waals surface area contributed by atoms with Crippen LogP contribution in [0.1, 0.15) is 52.6 Å². The van der Waals surface area contributed by atoms with E-state index in [9.17, 15) is 29.4 Å². The van der Waals surface area contributed by atoms with Gasteiger partial charge in [-0.3, -0.25) is 4.79 Å². The highest BCUT2D eigenvalue weighted by Gasteiger charge is 2.34. The molecule has 0 spiro atoms. The Morgan fingerprint density at radius 3 is 1.83 bits per heavy atom. The lowest BCUT2D eigenvalue weighted by Gasteiger charge is -2.16. The quantitative estimate of drug-likeness (QED) is 0.437. The Balaban J connectivity index is 2.96. The van der Waals surface area contributed by atoms with Crippen molar-refractivity contribution < 1.29 is 43.6 Å². The molecule has 0 aliphatic heterocycles. The van der Waals surface area contributed by atoms with Gasteiger partial charge in [-0.2, -0.15) is 0 Å². The predicted molar refractivity (Wildman–Crippen MR) is 98.4 cm³/mol. The van der Waals surface area contributed by atoms with Crippen molar-refractivity contribution in [2.75, 3.05) is 21.3 Å². The monoisotopic (exact) mass is 402 g/mol. The molecule has 152 valence electrons. The summed E-state index contributed by atoms with van der Waals surface area (Å²) in [5.41, 5.74) is -1.92. The highest BCUT2D eigenvalue weighted by atomic mass is 16.5. The van der Waals surface area contributed by atoms with E-state index in [2.05, 4.69) is 14.2 Å². The van der Waals surface area contributed by atoms with E-state index in [1.54, 1.807) is 13.0 Å². The van der Waals surface area contributed by atoms with Crippen LogP contribution in [0, 0.1) is 6.92 Å². The molecule has 9 nitrogen and oxygen atoms in total. The van der Waals surface area contributed by atoms with Crippen molar-refractivity contribution >= 4 is 23.7 Å². The van der Waals surface area contributed by atoms with E-state index < -0.39 is 51.7 Å². The standard InChI is InChI=1S/C20H18O9/c1-9-5-6-13(21)10(7-9)16(22)11-8-12(18(24)27-2)17(23)15(20(26)29-4)14(11)19(25)28-3/h5-8,21,23H,1-4H3. The second-order valence-electron chi connectivity index (χ2n) is 5.89. The number of ketones is 1. The minimum atomic E-state index is -1.18. The van der Waals surface area contributed by atoms with Gasteiger partial charge in [0, 0.05) is 5.56 Å². The van der Waals surface area contributed by atoms with Gasteiger partial charge >= 0.3 is 17.9 Å². The Morgan fingerprint density at radius 1 is 0.724 bits per heavy atom. The summed E-state index contributed by atoms with van der Waals surface area (Å²) in [6.07, 6.45) is 0. The number of esters is 3. The zero-order chi connectivity index (χ0) is 21.9. The highest BCUT2D eigenvalue weighted by molar-refractivity contribution is 6.20. The summed E-state index contributed by atoms with van der Waals surface area (Å²) >= 11 is 0. The van der Waals surface area contributed by atoms with Crippen LogP contribution in [0.3, 0.4) is 0 Å². The van der Waals surface area contributed by atoms with E-state index in [-0.39, 0.29) is 11.3 Å². The first kappa shape index (κ1) is 21.4. The molecule has 0 aliphatic carbocycles. The van der Waals surface area contributed by atoms with Crippen molar-refractivity contribution in [2.45, 2.75) is 6.92 Å². The molecule has 0 aliphatic rings. The van der Waals surface area contributed by atoms with E-state index in [4.69, 9.17) is 0 Å². The maximum absolute atomic E-state index is 13.1. The molecule has 0 heterocycles. The maximum atomic E-state index is 13.1. The number of aryl methyl sites for hydroxylation is 1. The van der Waals surface area contributed by atoms with Crippen LogP contribution in [0.15, 0.2) is 24.3 Å². The zero-order valence-corrected chi connectivity index (χ0v) is 16.1. The summed E-state index contributed by atoms with van der Waals surface area (Å²) in [4.78, 5) is 49.9. The first-order chi connectivity index (χ1) is 13.7. The number of hydrogen-bond donors (Lipinski definition) is 2. The summed E-state index contributed by atoms with van der Waals surface area (Å²) in [6, 6.07) is 5.10. The Bertz CT molecular complexity index is 1020. The van der Waals surface area contributed by atoms with Crippen LogP contribution in [-0.2, 0) is 14.2 Å². The number of rotatable bonds is 5. The van der Waals surface area contributed by atoms with Gasteiger partial charge in [-0.15, -0.1) is 0 Å². The van der Waals surface area contributed by atoms with Crippen LogP contribution < -0.4 is 0 Å². The van der Waals surface area contributed by atoms with E-state index in [0.717, 1.165) is 27.4 Å². The molecule has 2 aromatic carbocycles. The van der Waals surface area contributed by atoms with Crippen LogP contribution in [-0.4, -0.2) is 55.2 Å². The number of carbonyl (C=O) groups excluding carboxylic acids is 4. The lowest BCUT2D eigenvalue weighted by atomic mass is 9.90. The number of benzene rings is 2. The van der Waals surface area contributed by atoms with Crippen molar-refractivity contribution in [3.63, 3.8) is 0 Å². The van der Waals surface area contributed by atoms with Crippen LogP contribution >= 0.6 is 0 Å². The minimum absolute atomic E-state index is 0.188. The highest BCUT2D eigenvalue weighted by Crippen LogP contribution is 2.34. The third-order valence-corrected chi connectivity index (χ3v) is 4.13. The fraction of sp³-hybridized carbons (Fsp3) is 0.200. The van der Waals surface area contributed by atoms with Gasteiger partial charge < -0.3 is 24.4 Å². The molecule has 29 heavy (non-hydrogen) atoms. The fourth-order valence-electron chi connectivity index (χ4n) is 2.71. The van der Waals surface area contributed by atoms with Gasteiger partial charge in [0.05, 0.1) is 32.5 Å². The molecule has 0 bridgehead atoms. The van der Waals surface area contributed by atoms with Crippen LogP contribution in [0.4, 0.5) is 0 Å². The van der Waals surface area contributed by atoms with E-state index in [1.807, 2.05) is 0 Å². The largest absolute Gasteiger partial charge is 0.507 e. The molecular formula is C20H18O9. The molecular weight excluding hydrogens is 384 g/mol. The molecule has 0 atom stereocenters. The number of carbonyl (C=O) groups is 4. The fourth-order valence-corrected chi connectivity index (χ4v) is 2.71. The molecule has 0 fully saturated rings. The normalized spacial score (nSPS) is 10.2. The zero-order valence-electron chi connectivity index (χ0n) is 16.1. The van der Waals surface area contributed by atoms with Gasteiger partial charge in [-0.25, -0.2) is 14.4 Å². The Labute approximate surface area is 165 Å². The lowest BCUT2D eigenvalue weighted by molar-refractivity contribution is 0.0546. The molecule has 2 N–H and O–H groups in total. The number of methoxy groups -OCH3 is 3. The third-order valence-electron chi connectivity index (χ3n) is 4.13. The Kier molecular flexibility index (Phi) is 6.22. The summed E-state index contributed by atoms with van der Waals surface area (Å²) in [5, 5.41) is 20.5. The molecule has 0 aromatic heterocycles. The third kappa shape index (κ3) is 3.88. The number of aromatic hydroxyl groups is 2. The molecule has 9 heteroatoms. The maximum Gasteiger partial charge on any atom is 0.342 e. The molecule has 0 amide bonds.